The number of benzene rings is 15. The minimum atomic E-state index is -0.467. The van der Waals surface area contributed by atoms with Crippen molar-refractivity contribution in [2.45, 2.75) is 20.8 Å². The Kier molecular flexibility index (Phi) is 14.4. The van der Waals surface area contributed by atoms with E-state index in [1.54, 1.807) is 0 Å². The highest BCUT2D eigenvalue weighted by molar-refractivity contribution is 7.03. The van der Waals surface area contributed by atoms with Gasteiger partial charge in [0, 0.05) is 110 Å². The Morgan fingerprint density at radius 2 is 0.771 bits per heavy atom. The van der Waals surface area contributed by atoms with Crippen molar-refractivity contribution in [3.63, 3.8) is 0 Å². The van der Waals surface area contributed by atoms with E-state index in [0.29, 0.717) is 40.0 Å². The first kappa shape index (κ1) is 63.2. The van der Waals surface area contributed by atoms with Gasteiger partial charge in [-0.1, -0.05) is 175 Å². The monoisotopic (exact) mass is 1400 g/mol. The average Bonchev–Trinajstić information content (AvgIpc) is 0.694. The topological polar surface area (TPSA) is 84.1 Å². The van der Waals surface area contributed by atoms with Crippen molar-refractivity contribution < 1.29 is 14.2 Å². The Morgan fingerprint density at radius 3 is 1.29 bits per heavy atom. The first-order valence-corrected chi connectivity index (χ1v) is 36.9. The molecule has 0 saturated carbocycles. The van der Waals surface area contributed by atoms with Crippen LogP contribution in [0.25, 0.3) is 4.85 Å². The SMILES string of the molecule is [C-]#[N+]c1ccc2c(c1)B1c3cc4c(cc3Nc3cc(N(c5ccccc5)c5ccccc5)cc(c31)N2c1ccccc1)Oc1cc(N(c2ccccc2)c2ccccc2)cc2c1B4c1cc3c(cc1O2)N(c1c(C)cc(C)cc1C)c1cc(N(c2ccccc2)c2ccccc2)cc2c1B3c1cc(C#N)ccc1O2. The van der Waals surface area contributed by atoms with Crippen molar-refractivity contribution in [1.82, 2.24) is 0 Å². The fourth-order valence-corrected chi connectivity index (χ4v) is 18.0. The summed E-state index contributed by atoms with van der Waals surface area (Å²) in [4.78, 5) is 15.9. The molecular weight excluding hydrogens is 1330 g/mol. The molecule has 6 aliphatic rings. The molecule has 11 nitrogen and oxygen atoms in total. The van der Waals surface area contributed by atoms with Crippen LogP contribution in [0.15, 0.2) is 322 Å². The van der Waals surface area contributed by atoms with Crippen LogP contribution in [0.1, 0.15) is 22.3 Å². The molecular formula is C95H63B3N8O3. The maximum absolute atomic E-state index is 10.9. The van der Waals surface area contributed by atoms with Crippen molar-refractivity contribution in [2.75, 3.05) is 29.8 Å². The summed E-state index contributed by atoms with van der Waals surface area (Å²) in [6.45, 7) is 13.9. The molecule has 0 bridgehead atoms. The van der Waals surface area contributed by atoms with Gasteiger partial charge in [0.15, 0.2) is 5.69 Å². The quantitative estimate of drug-likeness (QED) is 0.0998. The van der Waals surface area contributed by atoms with Gasteiger partial charge in [-0.25, -0.2) is 4.85 Å². The Bertz CT molecular complexity index is 6220. The van der Waals surface area contributed by atoms with Crippen LogP contribution < -0.4 is 93.2 Å². The van der Waals surface area contributed by atoms with E-state index in [4.69, 9.17) is 20.8 Å². The number of nitrogens with one attached hydrogen (secondary N) is 1. The molecule has 0 atom stereocenters. The van der Waals surface area contributed by atoms with E-state index >= 15 is 0 Å². The number of ether oxygens (including phenoxy) is 3. The summed E-state index contributed by atoms with van der Waals surface area (Å²) in [5.41, 5.74) is 29.8. The summed E-state index contributed by atoms with van der Waals surface area (Å²) < 4.78 is 22.8. The van der Waals surface area contributed by atoms with Crippen LogP contribution in [0.4, 0.5) is 102 Å². The molecule has 1 N–H and O–H groups in total. The fraction of sp³-hybridized carbons (Fsp3) is 0.0316. The van der Waals surface area contributed by atoms with E-state index in [-0.39, 0.29) is 6.71 Å². The molecule has 15 aromatic rings. The van der Waals surface area contributed by atoms with E-state index in [0.717, 1.165) is 168 Å². The Morgan fingerprint density at radius 1 is 0.339 bits per heavy atom. The third kappa shape index (κ3) is 10.1. The second-order valence-corrected chi connectivity index (χ2v) is 28.8. The van der Waals surface area contributed by atoms with Crippen LogP contribution in [-0.4, -0.2) is 20.1 Å². The van der Waals surface area contributed by atoms with Gasteiger partial charge < -0.3 is 44.0 Å². The van der Waals surface area contributed by atoms with Gasteiger partial charge in [0.25, 0.3) is 13.4 Å². The molecule has 6 aliphatic heterocycles. The van der Waals surface area contributed by atoms with Crippen LogP contribution in [0.3, 0.4) is 0 Å². The molecule has 0 aliphatic carbocycles. The molecule has 109 heavy (non-hydrogen) atoms. The summed E-state index contributed by atoms with van der Waals surface area (Å²) in [5.74, 6) is 4.12. The lowest BCUT2D eigenvalue weighted by Crippen LogP contribution is -2.64. The zero-order chi connectivity index (χ0) is 72.7. The lowest BCUT2D eigenvalue weighted by atomic mass is 9.30. The maximum Gasteiger partial charge on any atom is 0.260 e. The zero-order valence-electron chi connectivity index (χ0n) is 59.7. The number of nitriles is 1. The molecule has 15 aromatic carbocycles. The number of rotatable bonds is 11. The number of nitrogens with zero attached hydrogens (tertiary/aromatic N) is 7. The first-order valence-electron chi connectivity index (χ1n) is 36.9. The van der Waals surface area contributed by atoms with Crippen molar-refractivity contribution in [3.8, 4) is 40.6 Å². The van der Waals surface area contributed by atoms with Crippen LogP contribution in [0, 0.1) is 38.7 Å². The van der Waals surface area contributed by atoms with E-state index in [9.17, 15) is 5.26 Å². The highest BCUT2D eigenvalue weighted by Gasteiger charge is 2.50. The van der Waals surface area contributed by atoms with E-state index in [2.05, 4.69) is 347 Å². The number of para-hydroxylation sites is 7. The minimum absolute atomic E-state index is 0.363. The fourth-order valence-electron chi connectivity index (χ4n) is 18.0. The standard InChI is InChI=1S/C95H63B3N8O3/c1-59-44-60(2)95(61(3)45-59)106-83-57-88-79(55-76(83)97-77-46-62(58-99)40-43-86(77)107-89-51-72(50-85(106)93(89)97)103(66-30-16-7-17-31-66)67-32-18-8-19-33-67)98-78-54-74-80(56-87(78)108-90-52-73(53-91(109-88)94(90)98)104(68-34-20-9-21-35-68)69-36-22-10-23-37-69)101-81-48-71(102(64-26-12-5-13-27-64)65-28-14-6-15-29-65)49-84-92(81)96(74)75-47-63(100-4)41-42-82(75)105(84)70-38-24-11-25-39-70/h5-57,101H,1-3H3. The molecule has 6 heterocycles. The summed E-state index contributed by atoms with van der Waals surface area (Å²) in [7, 11) is 0. The predicted molar refractivity (Wildman–Crippen MR) is 448 cm³/mol. The average molecular weight is 1400 g/mol. The Hall–Kier alpha value is -14.3. The Labute approximate surface area is 633 Å². The highest BCUT2D eigenvalue weighted by Crippen LogP contribution is 2.52. The van der Waals surface area contributed by atoms with Gasteiger partial charge in [-0.15, -0.1) is 0 Å². The third-order valence-corrected chi connectivity index (χ3v) is 22.3. The minimum Gasteiger partial charge on any atom is -0.458 e. The molecule has 0 amide bonds. The van der Waals surface area contributed by atoms with Gasteiger partial charge in [-0.05, 0) is 198 Å². The second-order valence-electron chi connectivity index (χ2n) is 28.8. The van der Waals surface area contributed by atoms with Crippen molar-refractivity contribution in [1.29, 1.82) is 5.26 Å². The van der Waals surface area contributed by atoms with Crippen LogP contribution in [-0.2, 0) is 0 Å². The number of hydrogen-bond acceptors (Lipinski definition) is 10. The van der Waals surface area contributed by atoms with Gasteiger partial charge in [-0.2, -0.15) is 5.26 Å². The summed E-state index contributed by atoms with van der Waals surface area (Å²) in [6.07, 6.45) is 0. The second kappa shape index (κ2) is 24.9. The molecule has 0 saturated heterocycles. The number of fused-ring (bicyclic) bond motifs is 12. The van der Waals surface area contributed by atoms with Crippen molar-refractivity contribution >= 4 is 172 Å². The number of anilines is 17. The normalized spacial score (nSPS) is 12.9. The summed E-state index contributed by atoms with van der Waals surface area (Å²) in [6, 6.07) is 116. The molecule has 510 valence electrons. The van der Waals surface area contributed by atoms with E-state index in [1.807, 2.05) is 36.4 Å². The van der Waals surface area contributed by atoms with Gasteiger partial charge in [0.1, 0.15) is 34.5 Å². The zero-order valence-corrected chi connectivity index (χ0v) is 59.7. The van der Waals surface area contributed by atoms with Crippen molar-refractivity contribution in [2.24, 2.45) is 0 Å². The van der Waals surface area contributed by atoms with Crippen LogP contribution in [0.5, 0.6) is 34.5 Å². The third-order valence-electron chi connectivity index (χ3n) is 22.3. The lowest BCUT2D eigenvalue weighted by molar-refractivity contribution is 0.465. The van der Waals surface area contributed by atoms with Crippen LogP contribution in [0.2, 0.25) is 0 Å². The van der Waals surface area contributed by atoms with Gasteiger partial charge in [-0.3, -0.25) is 0 Å². The summed E-state index contributed by atoms with van der Waals surface area (Å²) >= 11 is 0. The largest absolute Gasteiger partial charge is 0.458 e. The number of aryl methyl sites for hydroxylation is 3. The van der Waals surface area contributed by atoms with Gasteiger partial charge >= 0.3 is 0 Å². The summed E-state index contributed by atoms with van der Waals surface area (Å²) in [5, 5.41) is 15.0. The smallest absolute Gasteiger partial charge is 0.260 e. The van der Waals surface area contributed by atoms with E-state index < -0.39 is 13.4 Å². The molecule has 0 radical (unpaired) electrons. The first-order chi connectivity index (χ1) is 53.7. The van der Waals surface area contributed by atoms with Crippen LogP contribution >= 0.6 is 0 Å². The molecule has 0 unspecified atom stereocenters. The van der Waals surface area contributed by atoms with E-state index in [1.165, 1.54) is 0 Å². The van der Waals surface area contributed by atoms with Gasteiger partial charge in [0.2, 0.25) is 6.71 Å². The molecule has 0 fully saturated rings. The molecule has 0 spiro atoms. The Balaban J connectivity index is 0.831. The van der Waals surface area contributed by atoms with Crippen molar-refractivity contribution in [3.05, 3.63) is 355 Å². The van der Waals surface area contributed by atoms with Gasteiger partial charge in [0.05, 0.1) is 41.0 Å². The maximum atomic E-state index is 10.9. The predicted octanol–water partition coefficient (Wildman–Crippen LogP) is 18.9. The molecule has 0 aromatic heterocycles. The molecule has 21 rings (SSSR count). The molecule has 14 heteroatoms. The lowest BCUT2D eigenvalue weighted by Gasteiger charge is -2.43. The highest BCUT2D eigenvalue weighted by atomic mass is 16.5. The number of hydrogen-bond donors (Lipinski definition) is 1.